The van der Waals surface area contributed by atoms with Gasteiger partial charge in [-0.25, -0.2) is 0 Å². The minimum Gasteiger partial charge on any atom is -0.379 e. The van der Waals surface area contributed by atoms with E-state index in [0.717, 1.165) is 0 Å². The summed E-state index contributed by atoms with van der Waals surface area (Å²) in [6.07, 6.45) is -0.370. The van der Waals surface area contributed by atoms with Gasteiger partial charge in [0, 0.05) is 19.7 Å². The fourth-order valence-corrected chi connectivity index (χ4v) is 2.38. The highest BCUT2D eigenvalue weighted by atomic mass is 16.5. The molecule has 1 aliphatic rings. The molecule has 0 radical (unpaired) electrons. The number of ether oxygens (including phenoxy) is 3. The van der Waals surface area contributed by atoms with Crippen LogP contribution in [0.5, 0.6) is 0 Å². The number of rotatable bonds is 6. The fraction of sp³-hybridized carbons (Fsp3) is 0.929. The normalized spacial score (nSPS) is 24.3. The zero-order chi connectivity index (χ0) is 14.5. The first-order valence-corrected chi connectivity index (χ1v) is 7.01. The summed E-state index contributed by atoms with van der Waals surface area (Å²) in [5.41, 5.74) is -0.293. The Morgan fingerprint density at radius 2 is 2.16 bits per heavy atom. The molecule has 0 bridgehead atoms. The Hall–Kier alpha value is -0.650. The van der Waals surface area contributed by atoms with Crippen molar-refractivity contribution in [2.75, 3.05) is 32.9 Å². The molecule has 1 rings (SSSR count). The van der Waals surface area contributed by atoms with Gasteiger partial charge in [-0.05, 0) is 34.6 Å². The number of hydrogen-bond donors (Lipinski definition) is 0. The van der Waals surface area contributed by atoms with Crippen molar-refractivity contribution < 1.29 is 19.0 Å². The molecule has 0 aromatic rings. The minimum atomic E-state index is -0.429. The van der Waals surface area contributed by atoms with Crippen LogP contribution in [0, 0.1) is 0 Å². The van der Waals surface area contributed by atoms with Crippen molar-refractivity contribution >= 4 is 5.91 Å². The van der Waals surface area contributed by atoms with Crippen molar-refractivity contribution in [1.29, 1.82) is 0 Å². The molecule has 0 aliphatic carbocycles. The van der Waals surface area contributed by atoms with Crippen LogP contribution in [0.4, 0.5) is 0 Å². The molecule has 0 saturated carbocycles. The lowest BCUT2D eigenvalue weighted by molar-refractivity contribution is -0.167. The first-order valence-electron chi connectivity index (χ1n) is 7.01. The summed E-state index contributed by atoms with van der Waals surface area (Å²) in [6.45, 7) is 12.6. The van der Waals surface area contributed by atoms with E-state index in [1.807, 2.05) is 32.6 Å². The molecule has 0 aromatic heterocycles. The standard InChI is InChI=1S/C14H27NO4/c1-6-17-7-8-18-12(3)13(16)15-9-11(2)19-14(4,5)10-15/h11-12H,6-10H2,1-5H3. The van der Waals surface area contributed by atoms with Crippen LogP contribution in [-0.2, 0) is 19.0 Å². The van der Waals surface area contributed by atoms with E-state index >= 15 is 0 Å². The second-order valence-electron chi connectivity index (χ2n) is 5.62. The van der Waals surface area contributed by atoms with Crippen LogP contribution in [0.15, 0.2) is 0 Å². The third-order valence-electron chi connectivity index (χ3n) is 3.03. The van der Waals surface area contributed by atoms with Crippen LogP contribution in [-0.4, -0.2) is 61.5 Å². The Bertz CT molecular complexity index is 293. The molecule has 5 nitrogen and oxygen atoms in total. The SMILES string of the molecule is CCOCCOC(C)C(=O)N1CC(C)OC(C)(C)C1. The Labute approximate surface area is 116 Å². The molecular weight excluding hydrogens is 246 g/mol. The second-order valence-corrected chi connectivity index (χ2v) is 5.62. The Morgan fingerprint density at radius 1 is 1.47 bits per heavy atom. The maximum Gasteiger partial charge on any atom is 0.251 e. The molecule has 19 heavy (non-hydrogen) atoms. The number of carbonyl (C=O) groups is 1. The molecule has 2 atom stereocenters. The second kappa shape index (κ2) is 7.22. The average molecular weight is 273 g/mol. The molecule has 1 heterocycles. The van der Waals surface area contributed by atoms with Gasteiger partial charge in [-0.3, -0.25) is 4.79 Å². The lowest BCUT2D eigenvalue weighted by Gasteiger charge is -2.42. The van der Waals surface area contributed by atoms with Gasteiger partial charge in [-0.2, -0.15) is 0 Å². The van der Waals surface area contributed by atoms with Crippen LogP contribution in [0.1, 0.15) is 34.6 Å². The van der Waals surface area contributed by atoms with Gasteiger partial charge >= 0.3 is 0 Å². The number of nitrogens with zero attached hydrogens (tertiary/aromatic N) is 1. The molecule has 112 valence electrons. The zero-order valence-corrected chi connectivity index (χ0v) is 12.8. The van der Waals surface area contributed by atoms with Gasteiger partial charge in [-0.1, -0.05) is 0 Å². The predicted molar refractivity (Wildman–Crippen MR) is 73.1 cm³/mol. The van der Waals surface area contributed by atoms with Crippen molar-refractivity contribution in [3.8, 4) is 0 Å². The molecule has 2 unspecified atom stereocenters. The maximum absolute atomic E-state index is 12.3. The van der Waals surface area contributed by atoms with Crippen molar-refractivity contribution in [3.63, 3.8) is 0 Å². The summed E-state index contributed by atoms with van der Waals surface area (Å²) in [5.74, 6) is 0.0275. The van der Waals surface area contributed by atoms with Crippen LogP contribution in [0.2, 0.25) is 0 Å². The smallest absolute Gasteiger partial charge is 0.251 e. The maximum atomic E-state index is 12.3. The average Bonchev–Trinajstić information content (AvgIpc) is 2.31. The van der Waals surface area contributed by atoms with Gasteiger partial charge in [-0.15, -0.1) is 0 Å². The monoisotopic (exact) mass is 273 g/mol. The first kappa shape index (κ1) is 16.4. The summed E-state index contributed by atoms with van der Waals surface area (Å²) in [4.78, 5) is 14.1. The summed E-state index contributed by atoms with van der Waals surface area (Å²) in [7, 11) is 0. The highest BCUT2D eigenvalue weighted by molar-refractivity contribution is 5.80. The van der Waals surface area contributed by atoms with Gasteiger partial charge in [0.25, 0.3) is 5.91 Å². The topological polar surface area (TPSA) is 48.0 Å². The van der Waals surface area contributed by atoms with Gasteiger partial charge in [0.1, 0.15) is 6.10 Å². The van der Waals surface area contributed by atoms with Crippen LogP contribution in [0.3, 0.4) is 0 Å². The third-order valence-corrected chi connectivity index (χ3v) is 3.03. The molecule has 0 aromatic carbocycles. The highest BCUT2D eigenvalue weighted by Crippen LogP contribution is 2.21. The third kappa shape index (κ3) is 5.47. The largest absolute Gasteiger partial charge is 0.379 e. The van der Waals surface area contributed by atoms with E-state index in [2.05, 4.69) is 0 Å². The Balaban J connectivity index is 2.42. The fourth-order valence-electron chi connectivity index (χ4n) is 2.38. The summed E-state index contributed by atoms with van der Waals surface area (Å²) in [5, 5.41) is 0. The van der Waals surface area contributed by atoms with E-state index in [1.54, 1.807) is 6.92 Å². The summed E-state index contributed by atoms with van der Waals surface area (Å²) in [6, 6.07) is 0. The molecule has 5 heteroatoms. The van der Waals surface area contributed by atoms with E-state index < -0.39 is 6.10 Å². The van der Waals surface area contributed by atoms with Gasteiger partial charge in [0.05, 0.1) is 24.9 Å². The lowest BCUT2D eigenvalue weighted by Crippen LogP contribution is -2.55. The summed E-state index contributed by atoms with van der Waals surface area (Å²) >= 11 is 0. The Morgan fingerprint density at radius 3 is 2.74 bits per heavy atom. The molecule has 1 fully saturated rings. The van der Waals surface area contributed by atoms with Crippen molar-refractivity contribution in [3.05, 3.63) is 0 Å². The van der Waals surface area contributed by atoms with E-state index in [0.29, 0.717) is 32.9 Å². The zero-order valence-electron chi connectivity index (χ0n) is 12.8. The van der Waals surface area contributed by atoms with Crippen LogP contribution >= 0.6 is 0 Å². The lowest BCUT2D eigenvalue weighted by atomic mass is 10.1. The quantitative estimate of drug-likeness (QED) is 0.687. The van der Waals surface area contributed by atoms with Crippen LogP contribution < -0.4 is 0 Å². The molecular formula is C14H27NO4. The van der Waals surface area contributed by atoms with Crippen LogP contribution in [0.25, 0.3) is 0 Å². The number of carbonyl (C=O) groups excluding carboxylic acids is 1. The molecule has 1 aliphatic heterocycles. The van der Waals surface area contributed by atoms with E-state index in [9.17, 15) is 4.79 Å². The van der Waals surface area contributed by atoms with Gasteiger partial charge in [0.2, 0.25) is 0 Å². The van der Waals surface area contributed by atoms with Gasteiger partial charge in [0.15, 0.2) is 0 Å². The van der Waals surface area contributed by atoms with Crippen molar-refractivity contribution in [1.82, 2.24) is 4.90 Å². The number of amides is 1. The van der Waals surface area contributed by atoms with E-state index in [4.69, 9.17) is 14.2 Å². The molecule has 1 saturated heterocycles. The first-order chi connectivity index (χ1) is 8.85. The summed E-state index contributed by atoms with van der Waals surface area (Å²) < 4.78 is 16.5. The van der Waals surface area contributed by atoms with Crippen molar-refractivity contribution in [2.45, 2.75) is 52.4 Å². The highest BCUT2D eigenvalue weighted by Gasteiger charge is 2.35. The minimum absolute atomic E-state index is 0.0275. The molecule has 0 N–H and O–H groups in total. The molecule has 1 amide bonds. The van der Waals surface area contributed by atoms with Crippen molar-refractivity contribution in [2.24, 2.45) is 0 Å². The number of hydrogen-bond acceptors (Lipinski definition) is 4. The van der Waals surface area contributed by atoms with Gasteiger partial charge < -0.3 is 19.1 Å². The molecule has 0 spiro atoms. The van der Waals surface area contributed by atoms with E-state index in [-0.39, 0.29) is 17.6 Å². The Kier molecular flexibility index (Phi) is 6.23. The number of morpholine rings is 1. The predicted octanol–water partition coefficient (Wildman–Crippen LogP) is 1.45. The van der Waals surface area contributed by atoms with E-state index in [1.165, 1.54) is 0 Å².